The minimum Gasteiger partial charge on any atom is -0.493 e. The lowest BCUT2D eigenvalue weighted by atomic mass is 10.2. The number of carbonyl (C=O) groups is 1. The number of nitrogens with zero attached hydrogens (tertiary/aromatic N) is 2. The number of halogens is 1. The SMILES string of the molecule is COc1cc(F)c(S(=O)(=O)N2CCC[C@@H]2C(=O)N2CCOCC2)cc1OC. The summed E-state index contributed by atoms with van der Waals surface area (Å²) < 4.78 is 57.2. The molecule has 0 bridgehead atoms. The van der Waals surface area contributed by atoms with Crippen LogP contribution in [-0.2, 0) is 19.6 Å². The lowest BCUT2D eigenvalue weighted by Crippen LogP contribution is -2.51. The Hall–Kier alpha value is -1.91. The van der Waals surface area contributed by atoms with E-state index in [0.29, 0.717) is 39.1 Å². The number of hydrogen-bond acceptors (Lipinski definition) is 6. The number of ether oxygens (including phenoxy) is 3. The number of carbonyl (C=O) groups excluding carboxylic acids is 1. The van der Waals surface area contributed by atoms with Crippen LogP contribution in [0, 0.1) is 5.82 Å². The predicted octanol–water partition coefficient (Wildman–Crippen LogP) is 0.855. The molecule has 1 aromatic rings. The topological polar surface area (TPSA) is 85.4 Å². The highest BCUT2D eigenvalue weighted by Gasteiger charge is 2.42. The Morgan fingerprint density at radius 3 is 2.41 bits per heavy atom. The van der Waals surface area contributed by atoms with Gasteiger partial charge in [-0.3, -0.25) is 4.79 Å². The van der Waals surface area contributed by atoms with Gasteiger partial charge in [-0.25, -0.2) is 12.8 Å². The molecule has 2 saturated heterocycles. The van der Waals surface area contributed by atoms with Crippen molar-refractivity contribution in [2.75, 3.05) is 47.1 Å². The Labute approximate surface area is 157 Å². The number of amides is 1. The first-order valence-corrected chi connectivity index (χ1v) is 10.1. The van der Waals surface area contributed by atoms with Crippen LogP contribution < -0.4 is 9.47 Å². The van der Waals surface area contributed by atoms with E-state index in [1.54, 1.807) is 4.90 Å². The summed E-state index contributed by atoms with van der Waals surface area (Å²) in [4.78, 5) is 13.9. The van der Waals surface area contributed by atoms with E-state index in [1.807, 2.05) is 0 Å². The summed E-state index contributed by atoms with van der Waals surface area (Å²) >= 11 is 0. The van der Waals surface area contributed by atoms with Crippen molar-refractivity contribution in [2.45, 2.75) is 23.8 Å². The van der Waals surface area contributed by atoms with Crippen LogP contribution in [0.25, 0.3) is 0 Å². The largest absolute Gasteiger partial charge is 0.493 e. The quantitative estimate of drug-likeness (QED) is 0.726. The summed E-state index contributed by atoms with van der Waals surface area (Å²) in [5.74, 6) is -1.01. The highest BCUT2D eigenvalue weighted by Crippen LogP contribution is 2.35. The van der Waals surface area contributed by atoms with Crippen LogP contribution in [0.15, 0.2) is 17.0 Å². The maximum atomic E-state index is 14.5. The first kappa shape index (κ1) is 19.8. The molecule has 0 aliphatic carbocycles. The minimum absolute atomic E-state index is 0.0938. The first-order valence-electron chi connectivity index (χ1n) is 8.70. The van der Waals surface area contributed by atoms with Gasteiger partial charge in [-0.2, -0.15) is 4.31 Å². The van der Waals surface area contributed by atoms with Crippen LogP contribution in [0.3, 0.4) is 0 Å². The molecule has 150 valence electrons. The van der Waals surface area contributed by atoms with Gasteiger partial charge in [-0.05, 0) is 12.8 Å². The van der Waals surface area contributed by atoms with Crippen LogP contribution in [0.2, 0.25) is 0 Å². The fourth-order valence-electron chi connectivity index (χ4n) is 3.43. The smallest absolute Gasteiger partial charge is 0.246 e. The van der Waals surface area contributed by atoms with Gasteiger partial charge in [-0.15, -0.1) is 0 Å². The van der Waals surface area contributed by atoms with Crippen molar-refractivity contribution in [1.82, 2.24) is 9.21 Å². The van der Waals surface area contributed by atoms with Gasteiger partial charge in [-0.1, -0.05) is 0 Å². The Morgan fingerprint density at radius 1 is 1.15 bits per heavy atom. The van der Waals surface area contributed by atoms with E-state index in [9.17, 15) is 17.6 Å². The molecule has 1 amide bonds. The second kappa shape index (κ2) is 7.99. The molecule has 2 aliphatic heterocycles. The van der Waals surface area contributed by atoms with E-state index in [-0.39, 0.29) is 24.0 Å². The molecule has 0 radical (unpaired) electrons. The molecule has 8 nitrogen and oxygen atoms in total. The van der Waals surface area contributed by atoms with Crippen LogP contribution in [-0.4, -0.2) is 76.6 Å². The molecule has 10 heteroatoms. The maximum Gasteiger partial charge on any atom is 0.246 e. The number of rotatable bonds is 5. The average Bonchev–Trinajstić information content (AvgIpc) is 3.18. The van der Waals surface area contributed by atoms with Crippen LogP contribution >= 0.6 is 0 Å². The van der Waals surface area contributed by atoms with Gasteiger partial charge in [0.15, 0.2) is 11.5 Å². The highest BCUT2D eigenvalue weighted by atomic mass is 32.2. The first-order chi connectivity index (χ1) is 12.9. The summed E-state index contributed by atoms with van der Waals surface area (Å²) in [6.45, 7) is 1.86. The Bertz CT molecular complexity index is 810. The molecule has 0 N–H and O–H groups in total. The number of benzene rings is 1. The molecule has 1 atom stereocenters. The van der Waals surface area contributed by atoms with Crippen molar-refractivity contribution in [3.63, 3.8) is 0 Å². The van der Waals surface area contributed by atoms with E-state index in [1.165, 1.54) is 14.2 Å². The van der Waals surface area contributed by atoms with E-state index < -0.39 is 26.8 Å². The predicted molar refractivity (Wildman–Crippen MR) is 93.8 cm³/mol. The number of hydrogen-bond donors (Lipinski definition) is 0. The molecular formula is C17H23FN2O6S. The average molecular weight is 402 g/mol. The maximum absolute atomic E-state index is 14.5. The normalized spacial score (nSPS) is 21.3. The lowest BCUT2D eigenvalue weighted by Gasteiger charge is -2.32. The van der Waals surface area contributed by atoms with Crippen LogP contribution in [0.5, 0.6) is 11.5 Å². The molecule has 0 unspecified atom stereocenters. The number of sulfonamides is 1. The zero-order chi connectivity index (χ0) is 19.6. The van der Waals surface area contributed by atoms with Crippen molar-refractivity contribution >= 4 is 15.9 Å². The number of morpholine rings is 1. The fourth-order valence-corrected chi connectivity index (χ4v) is 5.14. The lowest BCUT2D eigenvalue weighted by molar-refractivity contribution is -0.138. The molecular weight excluding hydrogens is 379 g/mol. The van der Waals surface area contributed by atoms with Crippen molar-refractivity contribution < 1.29 is 31.8 Å². The van der Waals surface area contributed by atoms with Gasteiger partial charge in [0.2, 0.25) is 15.9 Å². The second-order valence-corrected chi connectivity index (χ2v) is 8.21. The zero-order valence-electron chi connectivity index (χ0n) is 15.3. The highest BCUT2D eigenvalue weighted by molar-refractivity contribution is 7.89. The molecule has 0 saturated carbocycles. The molecule has 27 heavy (non-hydrogen) atoms. The molecule has 2 fully saturated rings. The van der Waals surface area contributed by atoms with Gasteiger partial charge in [0.05, 0.1) is 27.4 Å². The van der Waals surface area contributed by atoms with E-state index >= 15 is 0 Å². The van der Waals surface area contributed by atoms with Gasteiger partial charge >= 0.3 is 0 Å². The number of methoxy groups -OCH3 is 2. The Kier molecular flexibility index (Phi) is 5.87. The van der Waals surface area contributed by atoms with Crippen molar-refractivity contribution in [3.05, 3.63) is 17.9 Å². The standard InChI is InChI=1S/C17H23FN2O6S/c1-24-14-10-12(18)16(11-15(14)25-2)27(22,23)20-5-3-4-13(20)17(21)19-6-8-26-9-7-19/h10-11,13H,3-9H2,1-2H3/t13-/m1/s1. The summed E-state index contributed by atoms with van der Waals surface area (Å²) in [7, 11) is -1.54. The van der Waals surface area contributed by atoms with E-state index in [0.717, 1.165) is 16.4 Å². The van der Waals surface area contributed by atoms with Crippen molar-refractivity contribution in [1.29, 1.82) is 0 Å². The Balaban J connectivity index is 1.92. The van der Waals surface area contributed by atoms with Crippen LogP contribution in [0.4, 0.5) is 4.39 Å². The third-order valence-corrected chi connectivity index (χ3v) is 6.76. The molecule has 0 spiro atoms. The fraction of sp³-hybridized carbons (Fsp3) is 0.588. The zero-order valence-corrected chi connectivity index (χ0v) is 16.1. The van der Waals surface area contributed by atoms with E-state index in [4.69, 9.17) is 14.2 Å². The molecule has 1 aromatic carbocycles. The molecule has 2 heterocycles. The van der Waals surface area contributed by atoms with Crippen LogP contribution in [0.1, 0.15) is 12.8 Å². The Morgan fingerprint density at radius 2 is 1.78 bits per heavy atom. The molecule has 3 rings (SSSR count). The van der Waals surface area contributed by atoms with Gasteiger partial charge < -0.3 is 19.1 Å². The van der Waals surface area contributed by atoms with E-state index in [2.05, 4.69) is 0 Å². The minimum atomic E-state index is -4.22. The molecule has 2 aliphatic rings. The third-order valence-electron chi connectivity index (χ3n) is 4.84. The summed E-state index contributed by atoms with van der Waals surface area (Å²) in [6.07, 6.45) is 0.944. The van der Waals surface area contributed by atoms with Crippen molar-refractivity contribution in [2.24, 2.45) is 0 Å². The van der Waals surface area contributed by atoms with Gasteiger partial charge in [0.25, 0.3) is 0 Å². The summed E-state index contributed by atoms with van der Waals surface area (Å²) in [5.41, 5.74) is 0. The monoisotopic (exact) mass is 402 g/mol. The summed E-state index contributed by atoms with van der Waals surface area (Å²) in [6, 6.07) is 1.24. The summed E-state index contributed by atoms with van der Waals surface area (Å²) in [5, 5.41) is 0. The second-order valence-electron chi connectivity index (χ2n) is 6.35. The van der Waals surface area contributed by atoms with Gasteiger partial charge in [0, 0.05) is 31.8 Å². The molecule has 0 aromatic heterocycles. The van der Waals surface area contributed by atoms with Gasteiger partial charge in [0.1, 0.15) is 16.8 Å². The third kappa shape index (κ3) is 3.74. The van der Waals surface area contributed by atoms with Crippen molar-refractivity contribution in [3.8, 4) is 11.5 Å².